The highest BCUT2D eigenvalue weighted by Crippen LogP contribution is 2.29. The Balaban J connectivity index is 2.10. The molecule has 0 saturated heterocycles. The molecule has 2 N–H and O–H groups in total. The van der Waals surface area contributed by atoms with Crippen LogP contribution in [0.1, 0.15) is 62.7 Å². The summed E-state index contributed by atoms with van der Waals surface area (Å²) in [5.74, 6) is 0. The normalized spacial score (nSPS) is 20.8. The lowest BCUT2D eigenvalue weighted by Gasteiger charge is -2.28. The van der Waals surface area contributed by atoms with Crippen LogP contribution in [0.4, 0.5) is 0 Å². The first kappa shape index (κ1) is 14.5. The Kier molecular flexibility index (Phi) is 5.41. The molecule has 1 aromatic carbocycles. The summed E-state index contributed by atoms with van der Waals surface area (Å²) in [6.07, 6.45) is 8.10. The smallest absolute Gasteiger partial charge is 0.0979 e. The van der Waals surface area contributed by atoms with E-state index in [1.54, 1.807) is 0 Å². The topological polar surface area (TPSA) is 35.2 Å². The van der Waals surface area contributed by atoms with Crippen molar-refractivity contribution in [3.63, 3.8) is 0 Å². The molecule has 1 aliphatic carbocycles. The third kappa shape index (κ3) is 4.05. The predicted octanol–water partition coefficient (Wildman–Crippen LogP) is 4.12. The molecule has 0 spiro atoms. The minimum absolute atomic E-state index is 0.0318. The molecule has 0 aliphatic heterocycles. The van der Waals surface area contributed by atoms with Crippen molar-refractivity contribution in [2.45, 2.75) is 70.6 Å². The van der Waals surface area contributed by atoms with Gasteiger partial charge in [-0.25, -0.2) is 0 Å². The zero-order valence-corrected chi connectivity index (χ0v) is 12.3. The second kappa shape index (κ2) is 7.06. The Morgan fingerprint density at radius 2 is 1.74 bits per heavy atom. The maximum atomic E-state index is 6.37. The van der Waals surface area contributed by atoms with Gasteiger partial charge in [0, 0.05) is 6.04 Å². The summed E-state index contributed by atoms with van der Waals surface area (Å²) in [6, 6.07) is 8.47. The van der Waals surface area contributed by atoms with Crippen molar-refractivity contribution < 1.29 is 4.74 Å². The van der Waals surface area contributed by atoms with Crippen LogP contribution in [0.5, 0.6) is 0 Å². The van der Waals surface area contributed by atoms with Crippen molar-refractivity contribution in [2.24, 2.45) is 5.73 Å². The molecule has 2 unspecified atom stereocenters. The molecule has 19 heavy (non-hydrogen) atoms. The summed E-state index contributed by atoms with van der Waals surface area (Å²) in [7, 11) is 0. The van der Waals surface area contributed by atoms with Gasteiger partial charge in [-0.15, -0.1) is 0 Å². The van der Waals surface area contributed by atoms with Gasteiger partial charge in [0.15, 0.2) is 0 Å². The summed E-state index contributed by atoms with van der Waals surface area (Å²) in [6.45, 7) is 4.19. The number of aryl methyl sites for hydroxylation is 1. The molecule has 2 nitrogen and oxygen atoms in total. The van der Waals surface area contributed by atoms with Gasteiger partial charge in [0.1, 0.15) is 0 Å². The van der Waals surface area contributed by atoms with Crippen LogP contribution in [0.3, 0.4) is 0 Å². The standard InChI is InChI=1S/C17H27NO/c1-13-9-7-8-12-16(13)17(14(2)18)19-15-10-5-3-4-6-11-15/h7-9,12,14-15,17H,3-6,10-11,18H2,1-2H3. The average Bonchev–Trinajstić information content (AvgIpc) is 2.65. The maximum absolute atomic E-state index is 6.37. The van der Waals surface area contributed by atoms with Gasteiger partial charge in [-0.05, 0) is 37.8 Å². The lowest BCUT2D eigenvalue weighted by atomic mass is 9.98. The first-order valence-electron chi connectivity index (χ1n) is 7.65. The van der Waals surface area contributed by atoms with Crippen molar-refractivity contribution in [3.05, 3.63) is 35.4 Å². The third-order valence-corrected chi connectivity index (χ3v) is 4.11. The summed E-state index contributed by atoms with van der Waals surface area (Å²) in [4.78, 5) is 0. The van der Waals surface area contributed by atoms with E-state index < -0.39 is 0 Å². The van der Waals surface area contributed by atoms with Crippen LogP contribution in [0.15, 0.2) is 24.3 Å². The van der Waals surface area contributed by atoms with Crippen LogP contribution in [-0.2, 0) is 4.74 Å². The lowest BCUT2D eigenvalue weighted by Crippen LogP contribution is -2.30. The van der Waals surface area contributed by atoms with Crippen LogP contribution in [-0.4, -0.2) is 12.1 Å². The fraction of sp³-hybridized carbons (Fsp3) is 0.647. The number of ether oxygens (including phenoxy) is 1. The maximum Gasteiger partial charge on any atom is 0.0979 e. The second-order valence-corrected chi connectivity index (χ2v) is 5.89. The van der Waals surface area contributed by atoms with Crippen LogP contribution < -0.4 is 5.73 Å². The van der Waals surface area contributed by atoms with Crippen molar-refractivity contribution >= 4 is 0 Å². The van der Waals surface area contributed by atoms with Crippen LogP contribution in [0.25, 0.3) is 0 Å². The minimum Gasteiger partial charge on any atom is -0.369 e. The van der Waals surface area contributed by atoms with E-state index >= 15 is 0 Å². The van der Waals surface area contributed by atoms with E-state index in [1.165, 1.54) is 49.7 Å². The predicted molar refractivity (Wildman–Crippen MR) is 80.1 cm³/mol. The van der Waals surface area contributed by atoms with Crippen LogP contribution in [0.2, 0.25) is 0 Å². The monoisotopic (exact) mass is 261 g/mol. The number of rotatable bonds is 4. The Bertz CT molecular complexity index is 381. The third-order valence-electron chi connectivity index (χ3n) is 4.11. The van der Waals surface area contributed by atoms with E-state index in [2.05, 4.69) is 31.2 Å². The van der Waals surface area contributed by atoms with Crippen LogP contribution in [0, 0.1) is 6.92 Å². The molecule has 2 heteroatoms. The summed E-state index contributed by atoms with van der Waals surface area (Å²) in [5, 5.41) is 0. The molecular formula is C17H27NO. The highest BCUT2D eigenvalue weighted by atomic mass is 16.5. The number of nitrogens with two attached hydrogens (primary N) is 1. The van der Waals surface area contributed by atoms with Gasteiger partial charge in [0.2, 0.25) is 0 Å². The Morgan fingerprint density at radius 3 is 2.32 bits per heavy atom. The molecule has 0 radical (unpaired) electrons. The first-order valence-corrected chi connectivity index (χ1v) is 7.65. The fourth-order valence-electron chi connectivity index (χ4n) is 2.97. The molecule has 1 aromatic rings. The molecule has 2 rings (SSSR count). The molecule has 0 amide bonds. The Labute approximate surface area is 117 Å². The van der Waals surface area contributed by atoms with Gasteiger partial charge in [-0.2, -0.15) is 0 Å². The highest BCUT2D eigenvalue weighted by Gasteiger charge is 2.23. The number of hydrogen-bond acceptors (Lipinski definition) is 2. The largest absolute Gasteiger partial charge is 0.369 e. The second-order valence-electron chi connectivity index (χ2n) is 5.89. The van der Waals surface area contributed by atoms with Crippen molar-refractivity contribution in [1.29, 1.82) is 0 Å². The molecular weight excluding hydrogens is 234 g/mol. The molecule has 1 saturated carbocycles. The molecule has 1 aliphatic rings. The van der Waals surface area contributed by atoms with Gasteiger partial charge in [-0.1, -0.05) is 49.9 Å². The SMILES string of the molecule is Cc1ccccc1C(OC1CCCCCC1)C(C)N. The van der Waals surface area contributed by atoms with Gasteiger partial charge >= 0.3 is 0 Å². The van der Waals surface area contributed by atoms with Crippen molar-refractivity contribution in [3.8, 4) is 0 Å². The van der Waals surface area contributed by atoms with E-state index in [0.717, 1.165) is 0 Å². The van der Waals surface area contributed by atoms with Gasteiger partial charge in [-0.3, -0.25) is 0 Å². The molecule has 106 valence electrons. The molecule has 0 aromatic heterocycles. The van der Waals surface area contributed by atoms with E-state index in [-0.39, 0.29) is 12.1 Å². The van der Waals surface area contributed by atoms with Gasteiger partial charge in [0.05, 0.1) is 12.2 Å². The highest BCUT2D eigenvalue weighted by molar-refractivity contribution is 5.28. The van der Waals surface area contributed by atoms with E-state index in [4.69, 9.17) is 10.5 Å². The van der Waals surface area contributed by atoms with E-state index in [1.807, 2.05) is 6.92 Å². The average molecular weight is 261 g/mol. The van der Waals surface area contributed by atoms with E-state index in [0.29, 0.717) is 6.10 Å². The molecule has 0 bridgehead atoms. The molecule has 1 fully saturated rings. The minimum atomic E-state index is 0.0318. The fourth-order valence-corrected chi connectivity index (χ4v) is 2.97. The quantitative estimate of drug-likeness (QED) is 0.827. The summed E-state index contributed by atoms with van der Waals surface area (Å²) < 4.78 is 6.37. The Morgan fingerprint density at radius 1 is 1.11 bits per heavy atom. The summed E-state index contributed by atoms with van der Waals surface area (Å²) >= 11 is 0. The summed E-state index contributed by atoms with van der Waals surface area (Å²) in [5.41, 5.74) is 8.70. The van der Waals surface area contributed by atoms with Crippen molar-refractivity contribution in [1.82, 2.24) is 0 Å². The van der Waals surface area contributed by atoms with Gasteiger partial charge < -0.3 is 10.5 Å². The number of benzene rings is 1. The zero-order chi connectivity index (χ0) is 13.7. The molecule has 2 atom stereocenters. The van der Waals surface area contributed by atoms with Gasteiger partial charge in [0.25, 0.3) is 0 Å². The van der Waals surface area contributed by atoms with E-state index in [9.17, 15) is 0 Å². The lowest BCUT2D eigenvalue weighted by molar-refractivity contribution is -0.0311. The Hall–Kier alpha value is -0.860. The number of hydrogen-bond donors (Lipinski definition) is 1. The zero-order valence-electron chi connectivity index (χ0n) is 12.3. The first-order chi connectivity index (χ1) is 9.18. The van der Waals surface area contributed by atoms with Crippen molar-refractivity contribution in [2.75, 3.05) is 0 Å². The molecule has 0 heterocycles. The van der Waals surface area contributed by atoms with Crippen LogP contribution >= 0.6 is 0 Å².